The van der Waals surface area contributed by atoms with Crippen molar-refractivity contribution in [2.75, 3.05) is 5.73 Å². The van der Waals surface area contributed by atoms with Crippen molar-refractivity contribution >= 4 is 33.3 Å². The third-order valence-corrected chi connectivity index (χ3v) is 4.80. The summed E-state index contributed by atoms with van der Waals surface area (Å²) in [7, 11) is 0. The summed E-state index contributed by atoms with van der Waals surface area (Å²) < 4.78 is 18.9. The molecule has 0 saturated carbocycles. The summed E-state index contributed by atoms with van der Waals surface area (Å²) in [6.45, 7) is 13.1. The van der Waals surface area contributed by atoms with Gasteiger partial charge in [0.25, 0.3) is 0 Å². The molecule has 184 valence electrons. The average molecular weight is 473 g/mol. The van der Waals surface area contributed by atoms with Gasteiger partial charge in [0.2, 0.25) is 0 Å². The van der Waals surface area contributed by atoms with Crippen LogP contribution >= 0.6 is 0 Å². The van der Waals surface area contributed by atoms with Crippen molar-refractivity contribution in [1.82, 2.24) is 0 Å². The summed E-state index contributed by atoms with van der Waals surface area (Å²) in [4.78, 5) is 0. The van der Waals surface area contributed by atoms with Crippen LogP contribution in [0.15, 0.2) is 108 Å². The van der Waals surface area contributed by atoms with E-state index in [4.69, 9.17) is 15.9 Å². The first-order valence-electron chi connectivity index (χ1n) is 11.7. The maximum absolute atomic E-state index is 13.3. The van der Waals surface area contributed by atoms with Crippen LogP contribution in [-0.2, 0) is 0 Å². The number of nitrogen functional groups attached to an aromatic ring is 1. The predicted molar refractivity (Wildman–Crippen MR) is 153 cm³/mol. The van der Waals surface area contributed by atoms with Gasteiger partial charge in [0, 0.05) is 33.3 Å². The quantitative estimate of drug-likeness (QED) is 0.231. The van der Waals surface area contributed by atoms with E-state index in [1.54, 1.807) is 19.1 Å². The van der Waals surface area contributed by atoms with Gasteiger partial charge in [-0.15, -0.1) is 0 Å². The molecule has 0 bridgehead atoms. The zero-order chi connectivity index (χ0) is 26.2. The molecule has 0 aliphatic carbocycles. The van der Waals surface area contributed by atoms with Crippen molar-refractivity contribution in [2.24, 2.45) is 5.73 Å². The fourth-order valence-electron chi connectivity index (χ4n) is 3.09. The molecule has 0 fully saturated rings. The first-order valence-corrected chi connectivity index (χ1v) is 11.7. The number of nitrogens with two attached hydrogens (primary N) is 2. The molecule has 1 aromatic heterocycles. The van der Waals surface area contributed by atoms with Crippen LogP contribution in [0.5, 0.6) is 0 Å². The Morgan fingerprint density at radius 1 is 0.886 bits per heavy atom. The molecule has 4 heteroatoms. The zero-order valence-corrected chi connectivity index (χ0v) is 21.4. The molecule has 1 heterocycles. The molecule has 0 saturated heterocycles. The smallest absolute Gasteiger partial charge is 0.141 e. The highest BCUT2D eigenvalue weighted by molar-refractivity contribution is 6.05. The highest BCUT2D eigenvalue weighted by atomic mass is 19.1. The van der Waals surface area contributed by atoms with Crippen LogP contribution in [-0.4, -0.2) is 0 Å². The molecule has 4 rings (SSSR count). The number of aryl methyl sites for hydroxylation is 1. The molecular formula is C31H37FN2O. The minimum Gasteiger partial charge on any atom is -0.456 e. The molecule has 35 heavy (non-hydrogen) atoms. The van der Waals surface area contributed by atoms with E-state index in [9.17, 15) is 4.39 Å². The summed E-state index contributed by atoms with van der Waals surface area (Å²) >= 11 is 0. The molecule has 0 atom stereocenters. The van der Waals surface area contributed by atoms with Crippen molar-refractivity contribution in [3.63, 3.8) is 0 Å². The van der Waals surface area contributed by atoms with Crippen LogP contribution in [0.25, 0.3) is 27.6 Å². The van der Waals surface area contributed by atoms with E-state index >= 15 is 0 Å². The van der Waals surface area contributed by atoms with Gasteiger partial charge in [-0.2, -0.15) is 0 Å². The SMILES string of the molecule is C/C=C\C=C(/N)c1ccccc1N.C=C/C=C\C.CC.Cc1c(F)ccc2c1oc1ccccc12. The van der Waals surface area contributed by atoms with Crippen molar-refractivity contribution in [3.8, 4) is 0 Å². The highest BCUT2D eigenvalue weighted by Gasteiger charge is 2.10. The van der Waals surface area contributed by atoms with Crippen LogP contribution < -0.4 is 11.5 Å². The van der Waals surface area contributed by atoms with Crippen LogP contribution in [0.1, 0.15) is 38.8 Å². The lowest BCUT2D eigenvalue weighted by Gasteiger charge is -2.03. The molecule has 0 amide bonds. The Morgan fingerprint density at radius 2 is 1.51 bits per heavy atom. The number of fused-ring (bicyclic) bond motifs is 3. The van der Waals surface area contributed by atoms with Gasteiger partial charge in [-0.1, -0.05) is 87.2 Å². The van der Waals surface area contributed by atoms with Crippen LogP contribution in [0, 0.1) is 12.7 Å². The maximum atomic E-state index is 13.3. The number of halogens is 1. The molecule has 0 spiro atoms. The Bertz CT molecular complexity index is 1300. The minimum absolute atomic E-state index is 0.221. The Hall–Kier alpha value is -4.05. The van der Waals surface area contributed by atoms with Gasteiger partial charge < -0.3 is 15.9 Å². The predicted octanol–water partition coefficient (Wildman–Crippen LogP) is 8.95. The second kappa shape index (κ2) is 15.7. The van der Waals surface area contributed by atoms with Crippen molar-refractivity contribution in [1.29, 1.82) is 0 Å². The van der Waals surface area contributed by atoms with E-state index in [2.05, 4.69) is 6.58 Å². The molecule has 3 aromatic carbocycles. The van der Waals surface area contributed by atoms with E-state index in [1.165, 1.54) is 6.07 Å². The number of allylic oxidation sites excluding steroid dienone is 6. The standard InChI is InChI=1S/C13H9FO.C11H14N2.C5H8.C2H6/c1-8-11(14)7-6-10-9-4-2-3-5-12(9)15-13(8)10;1-2-3-7-10(12)9-6-4-5-8-11(9)13;1-3-5-4-2;1-2/h2-7H,1H3;2-8H,12-13H2,1H3;3-5H,1H2,2H3;1-2H3/b;3-2-,10-7-;5-4-;. The lowest BCUT2D eigenvalue weighted by atomic mass is 10.1. The Labute approximate surface area is 208 Å². The second-order valence-corrected chi connectivity index (χ2v) is 7.14. The molecule has 3 nitrogen and oxygen atoms in total. The van der Waals surface area contributed by atoms with Crippen molar-refractivity contribution in [2.45, 2.75) is 34.6 Å². The van der Waals surface area contributed by atoms with Gasteiger partial charge >= 0.3 is 0 Å². The van der Waals surface area contributed by atoms with Crippen LogP contribution in [0.2, 0.25) is 0 Å². The number of hydrogen-bond donors (Lipinski definition) is 2. The number of para-hydroxylation sites is 2. The number of anilines is 1. The maximum Gasteiger partial charge on any atom is 0.141 e. The summed E-state index contributed by atoms with van der Waals surface area (Å²) in [6, 6.07) is 18.6. The van der Waals surface area contributed by atoms with Gasteiger partial charge in [-0.3, -0.25) is 0 Å². The van der Waals surface area contributed by atoms with Gasteiger partial charge in [0.1, 0.15) is 17.0 Å². The lowest BCUT2D eigenvalue weighted by Crippen LogP contribution is -1.99. The topological polar surface area (TPSA) is 65.2 Å². The van der Waals surface area contributed by atoms with Crippen molar-refractivity contribution in [3.05, 3.63) is 121 Å². The summed E-state index contributed by atoms with van der Waals surface area (Å²) in [5.41, 5.74) is 15.9. The minimum atomic E-state index is -0.221. The Balaban J connectivity index is 0.000000281. The molecule has 0 aliphatic heterocycles. The molecular weight excluding hydrogens is 435 g/mol. The van der Waals surface area contributed by atoms with Gasteiger partial charge in [-0.25, -0.2) is 4.39 Å². The van der Waals surface area contributed by atoms with E-state index in [-0.39, 0.29) is 5.82 Å². The van der Waals surface area contributed by atoms with Gasteiger partial charge in [-0.05, 0) is 51.1 Å². The molecule has 4 N–H and O–H groups in total. The monoisotopic (exact) mass is 472 g/mol. The first-order chi connectivity index (χ1) is 16.9. The third-order valence-electron chi connectivity index (χ3n) is 4.80. The van der Waals surface area contributed by atoms with Crippen molar-refractivity contribution < 1.29 is 8.81 Å². The number of furan rings is 1. The Kier molecular flexibility index (Phi) is 13.0. The first kappa shape index (κ1) is 29.0. The summed E-state index contributed by atoms with van der Waals surface area (Å²) in [5, 5.41) is 2.01. The normalized spacial score (nSPS) is 10.9. The second-order valence-electron chi connectivity index (χ2n) is 7.14. The summed E-state index contributed by atoms with van der Waals surface area (Å²) in [5.74, 6) is -0.221. The lowest BCUT2D eigenvalue weighted by molar-refractivity contribution is 0.607. The summed E-state index contributed by atoms with van der Waals surface area (Å²) in [6.07, 6.45) is 11.2. The molecule has 0 aliphatic rings. The zero-order valence-electron chi connectivity index (χ0n) is 21.4. The van der Waals surface area contributed by atoms with E-state index in [0.717, 1.165) is 21.9 Å². The van der Waals surface area contributed by atoms with Crippen LogP contribution in [0.3, 0.4) is 0 Å². The number of benzene rings is 3. The van der Waals surface area contributed by atoms with Gasteiger partial charge in [0.15, 0.2) is 0 Å². The molecule has 0 radical (unpaired) electrons. The number of rotatable bonds is 3. The number of hydrogen-bond acceptors (Lipinski definition) is 3. The largest absolute Gasteiger partial charge is 0.456 e. The Morgan fingerprint density at radius 3 is 2.11 bits per heavy atom. The molecule has 0 unspecified atom stereocenters. The fraction of sp³-hybridized carbons (Fsp3) is 0.161. The average Bonchev–Trinajstić information content (AvgIpc) is 3.27. The van der Waals surface area contributed by atoms with E-state index in [0.29, 0.717) is 22.5 Å². The fourth-order valence-corrected chi connectivity index (χ4v) is 3.09. The highest BCUT2D eigenvalue weighted by Crippen LogP contribution is 2.31. The van der Waals surface area contributed by atoms with Crippen LogP contribution in [0.4, 0.5) is 10.1 Å². The third kappa shape index (κ3) is 8.35. The van der Waals surface area contributed by atoms with E-state index in [1.807, 2.05) is 107 Å². The molecule has 4 aromatic rings. The van der Waals surface area contributed by atoms with E-state index < -0.39 is 0 Å². The van der Waals surface area contributed by atoms with Gasteiger partial charge in [0.05, 0.1) is 0 Å².